The number of hydrogen-bond acceptors (Lipinski definition) is 7. The van der Waals surface area contributed by atoms with E-state index in [4.69, 9.17) is 18.9 Å². The Bertz CT molecular complexity index is 820. The van der Waals surface area contributed by atoms with E-state index in [0.717, 1.165) is 38.5 Å². The number of cyclic esters (lactones) is 1. The van der Waals surface area contributed by atoms with Crippen molar-refractivity contribution in [3.63, 3.8) is 0 Å². The minimum Gasteiger partial charge on any atom is -0.462 e. The van der Waals surface area contributed by atoms with E-state index in [9.17, 15) is 14.7 Å². The molecule has 38 heavy (non-hydrogen) atoms. The Kier molecular flexibility index (Phi) is 10.2. The van der Waals surface area contributed by atoms with Crippen LogP contribution in [0.4, 0.5) is 0 Å². The van der Waals surface area contributed by atoms with Crippen LogP contribution in [0.2, 0.25) is 18.1 Å². The molecule has 3 aliphatic rings. The van der Waals surface area contributed by atoms with Crippen molar-refractivity contribution in [1.82, 2.24) is 0 Å². The average molecular weight is 555 g/mol. The maximum atomic E-state index is 13.3. The standard InChI is InChI=1S/C30H54O7Si/c1-10-30(6,7)28(33)35-25-18-23(36-37-38(8,9)29(3,4)5)15-20-12-11-19(2)24(27(20)25)14-13-22-16-21(31)17-26(32)34-22/h19-25,27,31H,10-18H2,1-9H3/t19-,20-,21+,22+,23+,24-,25-,27-/m0/s1. The first-order valence-electron chi connectivity index (χ1n) is 15.0. The molecule has 7 nitrogen and oxygen atoms in total. The quantitative estimate of drug-likeness (QED) is 0.149. The Morgan fingerprint density at radius 2 is 1.76 bits per heavy atom. The Labute approximate surface area is 231 Å². The molecular formula is C30H54O7Si. The summed E-state index contributed by atoms with van der Waals surface area (Å²) in [6.07, 6.45) is 5.51. The molecule has 1 N–H and O–H groups in total. The van der Waals surface area contributed by atoms with Gasteiger partial charge in [-0.15, -0.1) is 0 Å². The number of carbonyl (C=O) groups excluding carboxylic acids is 2. The first-order chi connectivity index (χ1) is 17.5. The lowest BCUT2D eigenvalue weighted by Crippen LogP contribution is -2.51. The van der Waals surface area contributed by atoms with Crippen LogP contribution in [0.3, 0.4) is 0 Å². The molecule has 0 radical (unpaired) electrons. The van der Waals surface area contributed by atoms with E-state index in [-0.39, 0.29) is 47.6 Å². The largest absolute Gasteiger partial charge is 0.462 e. The van der Waals surface area contributed by atoms with Crippen LogP contribution in [0.1, 0.15) is 106 Å². The van der Waals surface area contributed by atoms with Crippen molar-refractivity contribution < 1.29 is 33.6 Å². The monoisotopic (exact) mass is 554 g/mol. The maximum Gasteiger partial charge on any atom is 0.311 e. The highest BCUT2D eigenvalue weighted by atomic mass is 28.4. The van der Waals surface area contributed by atoms with E-state index < -0.39 is 19.8 Å². The van der Waals surface area contributed by atoms with Crippen LogP contribution in [0, 0.1) is 29.1 Å². The molecule has 0 spiro atoms. The number of aliphatic hydroxyl groups excluding tert-OH is 1. The van der Waals surface area contributed by atoms with Gasteiger partial charge in [0.25, 0.3) is 0 Å². The molecule has 3 fully saturated rings. The summed E-state index contributed by atoms with van der Waals surface area (Å²) in [5.74, 6) is 1.03. The Morgan fingerprint density at radius 1 is 1.08 bits per heavy atom. The number of aliphatic hydroxyl groups is 1. The summed E-state index contributed by atoms with van der Waals surface area (Å²) < 4.78 is 18.1. The fraction of sp³-hybridized carbons (Fsp3) is 0.933. The third kappa shape index (κ3) is 7.61. The van der Waals surface area contributed by atoms with Gasteiger partial charge in [0.2, 0.25) is 8.32 Å². The van der Waals surface area contributed by atoms with Crippen LogP contribution >= 0.6 is 0 Å². The zero-order valence-electron chi connectivity index (χ0n) is 25.4. The van der Waals surface area contributed by atoms with Crippen LogP contribution in [0.15, 0.2) is 0 Å². The fourth-order valence-electron chi connectivity index (χ4n) is 6.17. The first kappa shape index (κ1) is 31.6. The van der Waals surface area contributed by atoms with Gasteiger partial charge in [0, 0.05) is 18.8 Å². The number of carbonyl (C=O) groups is 2. The van der Waals surface area contributed by atoms with Crippen LogP contribution in [0.5, 0.6) is 0 Å². The summed E-state index contributed by atoms with van der Waals surface area (Å²) in [5.41, 5.74) is -0.539. The molecule has 8 heteroatoms. The van der Waals surface area contributed by atoms with E-state index in [1.54, 1.807) is 0 Å². The van der Waals surface area contributed by atoms with Crippen molar-refractivity contribution in [2.75, 3.05) is 0 Å². The molecule has 1 heterocycles. The van der Waals surface area contributed by atoms with Gasteiger partial charge in [-0.3, -0.25) is 14.2 Å². The molecule has 3 rings (SSSR count). The summed E-state index contributed by atoms with van der Waals surface area (Å²) in [5, 5.41) is 10.1. The van der Waals surface area contributed by atoms with Gasteiger partial charge in [-0.1, -0.05) is 41.0 Å². The van der Waals surface area contributed by atoms with E-state index in [1.165, 1.54) is 0 Å². The molecule has 8 atom stereocenters. The molecule has 220 valence electrons. The van der Waals surface area contributed by atoms with Crippen molar-refractivity contribution in [2.45, 2.75) is 149 Å². The molecule has 2 aliphatic carbocycles. The van der Waals surface area contributed by atoms with Crippen molar-refractivity contribution in [3.8, 4) is 0 Å². The van der Waals surface area contributed by atoms with Crippen LogP contribution in [-0.4, -0.2) is 49.8 Å². The lowest BCUT2D eigenvalue weighted by Gasteiger charge is -2.50. The third-order valence-electron chi connectivity index (χ3n) is 10.2. The second-order valence-corrected chi connectivity index (χ2v) is 19.2. The molecule has 1 aliphatic heterocycles. The highest BCUT2D eigenvalue weighted by Crippen LogP contribution is 2.50. The van der Waals surface area contributed by atoms with E-state index in [2.05, 4.69) is 40.8 Å². The summed E-state index contributed by atoms with van der Waals surface area (Å²) >= 11 is 0. The zero-order chi connectivity index (χ0) is 28.5. The fourth-order valence-corrected chi connectivity index (χ4v) is 6.80. The highest BCUT2D eigenvalue weighted by molar-refractivity contribution is 6.73. The van der Waals surface area contributed by atoms with Gasteiger partial charge in [-0.25, -0.2) is 4.89 Å². The second kappa shape index (κ2) is 12.3. The zero-order valence-corrected chi connectivity index (χ0v) is 26.4. The molecular weight excluding hydrogens is 500 g/mol. The smallest absolute Gasteiger partial charge is 0.311 e. The molecule has 0 unspecified atom stereocenters. The Balaban J connectivity index is 1.78. The maximum absolute atomic E-state index is 13.3. The van der Waals surface area contributed by atoms with Gasteiger partial charge < -0.3 is 14.6 Å². The van der Waals surface area contributed by atoms with Crippen molar-refractivity contribution in [2.24, 2.45) is 29.1 Å². The van der Waals surface area contributed by atoms with Crippen molar-refractivity contribution in [3.05, 3.63) is 0 Å². The van der Waals surface area contributed by atoms with Gasteiger partial charge in [0.15, 0.2) is 0 Å². The molecule has 0 bridgehead atoms. The van der Waals surface area contributed by atoms with Gasteiger partial charge in [0.05, 0.1) is 24.0 Å². The lowest BCUT2D eigenvalue weighted by molar-refractivity contribution is -0.281. The molecule has 0 aromatic rings. The van der Waals surface area contributed by atoms with Crippen LogP contribution in [0.25, 0.3) is 0 Å². The molecule has 0 aromatic heterocycles. The number of fused-ring (bicyclic) bond motifs is 1. The summed E-state index contributed by atoms with van der Waals surface area (Å²) in [4.78, 5) is 31.4. The highest BCUT2D eigenvalue weighted by Gasteiger charge is 2.50. The molecule has 0 amide bonds. The molecule has 2 saturated carbocycles. The Hall–Kier alpha value is -0.963. The lowest BCUT2D eigenvalue weighted by atomic mass is 9.59. The van der Waals surface area contributed by atoms with Crippen molar-refractivity contribution >= 4 is 20.3 Å². The van der Waals surface area contributed by atoms with Crippen LogP contribution in [-0.2, 0) is 28.5 Å². The van der Waals surface area contributed by atoms with E-state index in [1.807, 2.05) is 20.8 Å². The van der Waals surface area contributed by atoms with E-state index in [0.29, 0.717) is 30.6 Å². The predicted octanol–water partition coefficient (Wildman–Crippen LogP) is 6.58. The number of esters is 2. The third-order valence-corrected chi connectivity index (χ3v) is 14.3. The summed E-state index contributed by atoms with van der Waals surface area (Å²) in [6.45, 7) is 19.2. The minimum absolute atomic E-state index is 0.0444. The van der Waals surface area contributed by atoms with Gasteiger partial charge in [0.1, 0.15) is 12.2 Å². The second-order valence-electron chi connectivity index (χ2n) is 14.6. The number of ether oxygens (including phenoxy) is 2. The molecule has 0 aromatic carbocycles. The topological polar surface area (TPSA) is 91.3 Å². The van der Waals surface area contributed by atoms with Gasteiger partial charge in [-0.05, 0) is 81.8 Å². The summed E-state index contributed by atoms with van der Waals surface area (Å²) in [6, 6.07) is 0. The minimum atomic E-state index is -2.08. The number of hydrogen-bond donors (Lipinski definition) is 1. The average Bonchev–Trinajstić information content (AvgIpc) is 2.81. The Morgan fingerprint density at radius 3 is 2.37 bits per heavy atom. The summed E-state index contributed by atoms with van der Waals surface area (Å²) in [7, 11) is -2.08. The molecule has 1 saturated heterocycles. The number of rotatable bonds is 9. The van der Waals surface area contributed by atoms with Crippen LogP contribution < -0.4 is 0 Å². The normalized spacial score (nSPS) is 34.8. The van der Waals surface area contributed by atoms with Crippen molar-refractivity contribution in [1.29, 1.82) is 0 Å². The predicted molar refractivity (Wildman–Crippen MR) is 150 cm³/mol. The SMILES string of the molecule is CCC(C)(C)C(=O)O[C@H]1C[C@H](OO[Si](C)(C)C(C)(C)C)C[C@@H]2CC[C@H](C)[C@H](CC[C@@H]3C[C@@H](O)CC(=O)O3)[C@H]21. The van der Waals surface area contributed by atoms with Gasteiger partial charge in [-0.2, -0.15) is 0 Å². The van der Waals surface area contributed by atoms with E-state index >= 15 is 0 Å². The first-order valence-corrected chi connectivity index (χ1v) is 17.9. The van der Waals surface area contributed by atoms with Gasteiger partial charge >= 0.3 is 11.9 Å².